The van der Waals surface area contributed by atoms with Crippen molar-refractivity contribution in [2.45, 2.75) is 6.92 Å². The molecule has 1 heterocycles. The Morgan fingerprint density at radius 3 is 2.57 bits per heavy atom. The molecule has 0 saturated carbocycles. The first-order valence-electron chi connectivity index (χ1n) is 8.47. The van der Waals surface area contributed by atoms with Crippen LogP contribution in [0.2, 0.25) is 0 Å². The van der Waals surface area contributed by atoms with Gasteiger partial charge in [-0.25, -0.2) is 4.98 Å². The number of amides is 1. The molecule has 1 aromatic heterocycles. The smallest absolute Gasteiger partial charge is 0.269 e. The number of nitro groups is 1. The summed E-state index contributed by atoms with van der Waals surface area (Å²) in [5, 5.41) is 15.7. The van der Waals surface area contributed by atoms with Crippen molar-refractivity contribution in [3.63, 3.8) is 0 Å². The van der Waals surface area contributed by atoms with Crippen molar-refractivity contribution in [1.82, 2.24) is 4.98 Å². The first kappa shape index (κ1) is 19.2. The largest absolute Gasteiger partial charge is 0.494 e. The van der Waals surface area contributed by atoms with Gasteiger partial charge in [0.25, 0.3) is 5.69 Å². The minimum atomic E-state index is -0.451. The van der Waals surface area contributed by atoms with E-state index in [1.807, 2.05) is 31.2 Å². The average molecular weight is 395 g/mol. The van der Waals surface area contributed by atoms with Gasteiger partial charge in [0.2, 0.25) is 5.91 Å². The number of carbonyl (C=O) groups is 1. The van der Waals surface area contributed by atoms with Gasteiger partial charge in [0.1, 0.15) is 5.75 Å². The Morgan fingerprint density at radius 1 is 1.21 bits per heavy atom. The molecule has 8 heteroatoms. The maximum atomic E-state index is 12.1. The van der Waals surface area contributed by atoms with E-state index in [9.17, 15) is 14.9 Å². The molecule has 0 aliphatic heterocycles. The minimum Gasteiger partial charge on any atom is -0.494 e. The van der Waals surface area contributed by atoms with Crippen molar-refractivity contribution >= 4 is 34.1 Å². The first-order chi connectivity index (χ1) is 13.5. The number of non-ortho nitro benzene ring substituents is 1. The Hall–Kier alpha value is -3.52. The van der Waals surface area contributed by atoms with Crippen LogP contribution in [0.15, 0.2) is 60.0 Å². The average Bonchev–Trinajstić information content (AvgIpc) is 3.16. The lowest BCUT2D eigenvalue weighted by Crippen LogP contribution is -2.07. The maximum Gasteiger partial charge on any atom is 0.269 e. The van der Waals surface area contributed by atoms with Gasteiger partial charge in [-0.05, 0) is 42.8 Å². The first-order valence-corrected chi connectivity index (χ1v) is 9.35. The van der Waals surface area contributed by atoms with Crippen LogP contribution in [0, 0.1) is 10.1 Å². The van der Waals surface area contributed by atoms with E-state index in [2.05, 4.69) is 10.3 Å². The fourth-order valence-corrected chi connectivity index (χ4v) is 3.10. The molecule has 0 unspecified atom stereocenters. The molecule has 0 radical (unpaired) electrons. The van der Waals surface area contributed by atoms with Crippen LogP contribution in [-0.4, -0.2) is 22.4 Å². The summed E-state index contributed by atoms with van der Waals surface area (Å²) >= 11 is 1.28. The third kappa shape index (κ3) is 5.01. The molecule has 0 aliphatic carbocycles. The zero-order valence-corrected chi connectivity index (χ0v) is 15.8. The highest BCUT2D eigenvalue weighted by Gasteiger charge is 2.09. The third-order valence-corrected chi connectivity index (χ3v) is 4.48. The van der Waals surface area contributed by atoms with Crippen molar-refractivity contribution < 1.29 is 14.5 Å². The van der Waals surface area contributed by atoms with Crippen LogP contribution in [0.3, 0.4) is 0 Å². The summed E-state index contributed by atoms with van der Waals surface area (Å²) in [5.41, 5.74) is 2.29. The van der Waals surface area contributed by atoms with Crippen molar-refractivity contribution in [2.24, 2.45) is 0 Å². The highest BCUT2D eigenvalue weighted by Crippen LogP contribution is 2.26. The van der Waals surface area contributed by atoms with Crippen LogP contribution < -0.4 is 10.1 Å². The van der Waals surface area contributed by atoms with Gasteiger partial charge in [-0.3, -0.25) is 20.2 Å². The van der Waals surface area contributed by atoms with Gasteiger partial charge in [-0.1, -0.05) is 12.1 Å². The fourth-order valence-electron chi connectivity index (χ4n) is 2.38. The number of nitrogens with zero attached hydrogens (tertiary/aromatic N) is 2. The van der Waals surface area contributed by atoms with E-state index in [1.165, 1.54) is 29.5 Å². The Morgan fingerprint density at radius 2 is 1.93 bits per heavy atom. The molecule has 1 amide bonds. The molecule has 7 nitrogen and oxygen atoms in total. The molecular weight excluding hydrogens is 378 g/mol. The normalized spacial score (nSPS) is 10.8. The monoisotopic (exact) mass is 395 g/mol. The van der Waals surface area contributed by atoms with E-state index in [0.717, 1.165) is 16.9 Å². The SMILES string of the molecule is CCOc1ccc(/C=C/C(=O)Nc2nc(-c3ccc([N+](=O)[O-])cc3)cs2)cc1. The number of carbonyl (C=O) groups excluding carboxylic acids is 1. The summed E-state index contributed by atoms with van der Waals surface area (Å²) in [6.45, 7) is 2.52. The summed E-state index contributed by atoms with van der Waals surface area (Å²) in [5.74, 6) is 0.490. The summed E-state index contributed by atoms with van der Waals surface area (Å²) in [6, 6.07) is 13.5. The number of aromatic nitrogens is 1. The number of thiazole rings is 1. The lowest BCUT2D eigenvalue weighted by Gasteiger charge is -2.02. The molecule has 0 aliphatic rings. The van der Waals surface area contributed by atoms with Crippen molar-refractivity contribution in [1.29, 1.82) is 0 Å². The molecule has 0 fully saturated rings. The zero-order valence-electron chi connectivity index (χ0n) is 15.0. The molecule has 0 atom stereocenters. The Balaban J connectivity index is 1.61. The quantitative estimate of drug-likeness (QED) is 0.353. The Bertz CT molecular complexity index is 995. The predicted octanol–water partition coefficient (Wildman–Crippen LogP) is 4.77. The van der Waals surface area contributed by atoms with Gasteiger partial charge in [0.05, 0.1) is 17.2 Å². The van der Waals surface area contributed by atoms with Gasteiger partial charge in [0.15, 0.2) is 5.13 Å². The van der Waals surface area contributed by atoms with Crippen molar-refractivity contribution in [3.8, 4) is 17.0 Å². The van der Waals surface area contributed by atoms with E-state index in [1.54, 1.807) is 23.6 Å². The van der Waals surface area contributed by atoms with Crippen molar-refractivity contribution in [3.05, 3.63) is 75.7 Å². The van der Waals surface area contributed by atoms with Gasteiger partial charge >= 0.3 is 0 Å². The molecule has 1 N–H and O–H groups in total. The van der Waals surface area contributed by atoms with Crippen LogP contribution in [0.25, 0.3) is 17.3 Å². The molecule has 142 valence electrons. The Labute approximate surface area is 165 Å². The molecule has 2 aromatic carbocycles. The number of rotatable bonds is 7. The maximum absolute atomic E-state index is 12.1. The molecule has 0 spiro atoms. The van der Waals surface area contributed by atoms with E-state index >= 15 is 0 Å². The highest BCUT2D eigenvalue weighted by atomic mass is 32.1. The lowest BCUT2D eigenvalue weighted by atomic mass is 10.1. The zero-order chi connectivity index (χ0) is 19.9. The summed E-state index contributed by atoms with van der Waals surface area (Å²) < 4.78 is 5.38. The summed E-state index contributed by atoms with van der Waals surface area (Å²) in [6.07, 6.45) is 3.14. The second-order valence-corrected chi connectivity index (χ2v) is 6.52. The van der Waals surface area contributed by atoms with Gasteiger partial charge < -0.3 is 4.74 Å². The predicted molar refractivity (Wildman–Crippen MR) is 109 cm³/mol. The molecule has 0 saturated heterocycles. The number of nitro benzene ring substituents is 1. The summed E-state index contributed by atoms with van der Waals surface area (Å²) in [4.78, 5) is 26.7. The van der Waals surface area contributed by atoms with E-state index < -0.39 is 4.92 Å². The van der Waals surface area contributed by atoms with Crippen LogP contribution in [-0.2, 0) is 4.79 Å². The van der Waals surface area contributed by atoms with Crippen molar-refractivity contribution in [2.75, 3.05) is 11.9 Å². The fraction of sp³-hybridized carbons (Fsp3) is 0.100. The molecule has 3 aromatic rings. The number of nitrogens with one attached hydrogen (secondary N) is 1. The molecule has 0 bridgehead atoms. The topological polar surface area (TPSA) is 94.4 Å². The number of anilines is 1. The van der Waals surface area contributed by atoms with Crippen LogP contribution in [0.4, 0.5) is 10.8 Å². The van der Waals surface area contributed by atoms with E-state index in [-0.39, 0.29) is 11.6 Å². The van der Waals surface area contributed by atoms with Crippen LogP contribution in [0.1, 0.15) is 12.5 Å². The Kier molecular flexibility index (Phi) is 6.13. The molecule has 28 heavy (non-hydrogen) atoms. The van der Waals surface area contributed by atoms with Crippen LogP contribution in [0.5, 0.6) is 5.75 Å². The number of ether oxygens (including phenoxy) is 1. The summed E-state index contributed by atoms with van der Waals surface area (Å²) in [7, 11) is 0. The van der Waals surface area contributed by atoms with Crippen LogP contribution >= 0.6 is 11.3 Å². The number of hydrogen-bond acceptors (Lipinski definition) is 6. The lowest BCUT2D eigenvalue weighted by molar-refractivity contribution is -0.384. The van der Waals surface area contributed by atoms with Gasteiger partial charge in [-0.2, -0.15) is 0 Å². The highest BCUT2D eigenvalue weighted by molar-refractivity contribution is 7.14. The number of benzene rings is 2. The van der Waals surface area contributed by atoms with E-state index in [4.69, 9.17) is 4.74 Å². The minimum absolute atomic E-state index is 0.0203. The van der Waals surface area contributed by atoms with Gasteiger partial charge in [-0.15, -0.1) is 11.3 Å². The second kappa shape index (κ2) is 8.92. The molecular formula is C20H17N3O4S. The molecule has 3 rings (SSSR count). The van der Waals surface area contributed by atoms with E-state index in [0.29, 0.717) is 17.4 Å². The number of hydrogen-bond donors (Lipinski definition) is 1. The van der Waals surface area contributed by atoms with Gasteiger partial charge in [0, 0.05) is 29.2 Å². The second-order valence-electron chi connectivity index (χ2n) is 5.67. The third-order valence-electron chi connectivity index (χ3n) is 3.73. The standard InChI is InChI=1S/C20H17N3O4S/c1-2-27-17-10-3-14(4-11-17)5-12-19(24)22-20-21-18(13-28-20)15-6-8-16(9-7-15)23(25)26/h3-13H,2H2,1H3,(H,21,22,24)/b12-5+.